The molecule has 1 aliphatic rings. The van der Waals surface area contributed by atoms with Gasteiger partial charge in [0.1, 0.15) is 6.54 Å². The second kappa shape index (κ2) is 10.3. The number of piperidine rings is 1. The van der Waals surface area contributed by atoms with Crippen molar-refractivity contribution in [2.45, 2.75) is 26.3 Å². The fourth-order valence-corrected chi connectivity index (χ4v) is 3.94. The largest absolute Gasteiger partial charge is 0.468 e. The summed E-state index contributed by atoms with van der Waals surface area (Å²) in [6.07, 6.45) is 1.62. The number of amides is 2. The molecule has 1 saturated heterocycles. The van der Waals surface area contributed by atoms with E-state index < -0.39 is 5.97 Å². The van der Waals surface area contributed by atoms with E-state index >= 15 is 0 Å². The minimum Gasteiger partial charge on any atom is -0.468 e. The molecule has 0 bridgehead atoms. The number of aryl methyl sites for hydroxylation is 1. The first-order valence-corrected chi connectivity index (χ1v) is 10.7. The summed E-state index contributed by atoms with van der Waals surface area (Å²) < 4.78 is 4.49. The van der Waals surface area contributed by atoms with Crippen molar-refractivity contribution in [2.75, 3.05) is 32.1 Å². The Morgan fingerprint density at radius 2 is 1.90 bits per heavy atom. The highest BCUT2D eigenvalue weighted by molar-refractivity contribution is 7.09. The van der Waals surface area contributed by atoms with Crippen molar-refractivity contribution in [3.05, 3.63) is 45.9 Å². The lowest BCUT2D eigenvalue weighted by molar-refractivity contribution is -0.139. The van der Waals surface area contributed by atoms with Gasteiger partial charge in [-0.1, -0.05) is 0 Å². The first-order chi connectivity index (χ1) is 14.4. The number of anilines is 1. The van der Waals surface area contributed by atoms with Gasteiger partial charge in [0.15, 0.2) is 0 Å². The zero-order valence-electron chi connectivity index (χ0n) is 17.1. The molecule has 1 fully saturated rings. The molecule has 160 valence electrons. The SMILES string of the molecule is COC(=O)CNC(=O)c1ccc(NC(=O)C2CCN(Cc3csc(C)n3)CC2)cc1. The average Bonchev–Trinajstić information content (AvgIpc) is 3.17. The van der Waals surface area contributed by atoms with Crippen molar-refractivity contribution in [1.29, 1.82) is 0 Å². The zero-order chi connectivity index (χ0) is 21.5. The number of likely N-dealkylation sites (tertiary alicyclic amines) is 1. The summed E-state index contributed by atoms with van der Waals surface area (Å²) in [4.78, 5) is 42.5. The second-order valence-electron chi connectivity index (χ2n) is 7.23. The Hall–Kier alpha value is -2.78. The summed E-state index contributed by atoms with van der Waals surface area (Å²) in [7, 11) is 1.26. The van der Waals surface area contributed by atoms with E-state index in [0.717, 1.165) is 43.2 Å². The first kappa shape index (κ1) is 21.9. The van der Waals surface area contributed by atoms with E-state index in [9.17, 15) is 14.4 Å². The molecule has 0 unspecified atom stereocenters. The van der Waals surface area contributed by atoms with Crippen LogP contribution >= 0.6 is 11.3 Å². The molecule has 2 aromatic rings. The van der Waals surface area contributed by atoms with Crippen LogP contribution in [0.1, 0.15) is 33.9 Å². The number of nitrogens with zero attached hydrogens (tertiary/aromatic N) is 2. The quantitative estimate of drug-likeness (QED) is 0.653. The van der Waals surface area contributed by atoms with E-state index in [0.29, 0.717) is 11.3 Å². The molecule has 0 spiro atoms. The number of thiazole rings is 1. The van der Waals surface area contributed by atoms with Gasteiger partial charge in [0.05, 0.1) is 17.8 Å². The number of hydrogen-bond acceptors (Lipinski definition) is 7. The maximum Gasteiger partial charge on any atom is 0.325 e. The first-order valence-electron chi connectivity index (χ1n) is 9.84. The molecule has 9 heteroatoms. The van der Waals surface area contributed by atoms with Gasteiger partial charge in [-0.25, -0.2) is 4.98 Å². The van der Waals surface area contributed by atoms with Crippen LogP contribution in [0.5, 0.6) is 0 Å². The molecule has 2 heterocycles. The lowest BCUT2D eigenvalue weighted by Crippen LogP contribution is -2.37. The molecule has 8 nitrogen and oxygen atoms in total. The Kier molecular flexibility index (Phi) is 7.53. The molecule has 1 aromatic carbocycles. The highest BCUT2D eigenvalue weighted by atomic mass is 32.1. The Labute approximate surface area is 179 Å². The van der Waals surface area contributed by atoms with Gasteiger partial charge in [0, 0.05) is 29.1 Å². The molecular formula is C21H26N4O4S. The summed E-state index contributed by atoms with van der Waals surface area (Å²) in [6.45, 7) is 4.39. The Morgan fingerprint density at radius 3 is 2.50 bits per heavy atom. The minimum atomic E-state index is -0.514. The van der Waals surface area contributed by atoms with E-state index in [2.05, 4.69) is 30.6 Å². The van der Waals surface area contributed by atoms with Crippen molar-refractivity contribution in [3.63, 3.8) is 0 Å². The van der Waals surface area contributed by atoms with Gasteiger partial charge in [-0.15, -0.1) is 11.3 Å². The van der Waals surface area contributed by atoms with E-state index in [-0.39, 0.29) is 24.3 Å². The van der Waals surface area contributed by atoms with Crippen molar-refractivity contribution in [3.8, 4) is 0 Å². The number of nitrogens with one attached hydrogen (secondary N) is 2. The van der Waals surface area contributed by atoms with E-state index in [1.807, 2.05) is 6.92 Å². The molecule has 0 radical (unpaired) electrons. The van der Waals surface area contributed by atoms with Crippen LogP contribution in [0.25, 0.3) is 0 Å². The smallest absolute Gasteiger partial charge is 0.325 e. The summed E-state index contributed by atoms with van der Waals surface area (Å²) in [5.74, 6) is -0.913. The molecule has 0 atom stereocenters. The number of rotatable bonds is 7. The maximum atomic E-state index is 12.6. The second-order valence-corrected chi connectivity index (χ2v) is 8.30. The van der Waals surface area contributed by atoms with Crippen LogP contribution < -0.4 is 10.6 Å². The number of hydrogen-bond donors (Lipinski definition) is 2. The molecule has 2 N–H and O–H groups in total. The van der Waals surface area contributed by atoms with E-state index in [1.165, 1.54) is 7.11 Å². The predicted octanol–water partition coefficient (Wildman–Crippen LogP) is 2.21. The van der Waals surface area contributed by atoms with Gasteiger partial charge < -0.3 is 15.4 Å². The highest BCUT2D eigenvalue weighted by Gasteiger charge is 2.25. The number of carbonyl (C=O) groups is 3. The van der Waals surface area contributed by atoms with Gasteiger partial charge in [-0.2, -0.15) is 0 Å². The van der Waals surface area contributed by atoms with Crippen molar-refractivity contribution in [2.24, 2.45) is 5.92 Å². The number of methoxy groups -OCH3 is 1. The number of aromatic nitrogens is 1. The minimum absolute atomic E-state index is 0.00189. The molecule has 1 aliphatic heterocycles. The molecular weight excluding hydrogens is 404 g/mol. The average molecular weight is 431 g/mol. The number of ether oxygens (including phenoxy) is 1. The van der Waals surface area contributed by atoms with Crippen LogP contribution in [-0.2, 0) is 20.9 Å². The third-order valence-corrected chi connectivity index (χ3v) is 5.87. The lowest BCUT2D eigenvalue weighted by atomic mass is 9.95. The van der Waals surface area contributed by atoms with Gasteiger partial charge in [-0.05, 0) is 57.1 Å². The van der Waals surface area contributed by atoms with Crippen LogP contribution in [-0.4, -0.2) is 54.4 Å². The molecule has 0 saturated carbocycles. The molecule has 30 heavy (non-hydrogen) atoms. The normalized spacial score (nSPS) is 14.9. The Bertz CT molecular complexity index is 889. The Balaban J connectivity index is 1.44. The fraction of sp³-hybridized carbons (Fsp3) is 0.429. The fourth-order valence-electron chi connectivity index (χ4n) is 3.34. The maximum absolute atomic E-state index is 12.6. The Morgan fingerprint density at radius 1 is 1.20 bits per heavy atom. The molecule has 0 aliphatic carbocycles. The van der Waals surface area contributed by atoms with Crippen LogP contribution in [0.2, 0.25) is 0 Å². The highest BCUT2D eigenvalue weighted by Crippen LogP contribution is 2.21. The van der Waals surface area contributed by atoms with Crippen molar-refractivity contribution >= 4 is 34.8 Å². The van der Waals surface area contributed by atoms with E-state index in [4.69, 9.17) is 0 Å². The van der Waals surface area contributed by atoms with Gasteiger partial charge in [-0.3, -0.25) is 19.3 Å². The predicted molar refractivity (Wildman–Crippen MR) is 114 cm³/mol. The standard InChI is InChI=1S/C21H26N4O4S/c1-14-23-18(13-30-14)12-25-9-7-16(8-10-25)21(28)24-17-5-3-15(4-6-17)20(27)22-11-19(26)29-2/h3-6,13,16H,7-12H2,1-2H3,(H,22,27)(H,24,28). The van der Waals surface area contributed by atoms with Gasteiger partial charge >= 0.3 is 5.97 Å². The van der Waals surface area contributed by atoms with Gasteiger partial charge in [0.2, 0.25) is 5.91 Å². The summed E-state index contributed by atoms with van der Waals surface area (Å²) in [5, 5.41) is 8.57. The number of carbonyl (C=O) groups excluding carboxylic acids is 3. The summed E-state index contributed by atoms with van der Waals surface area (Å²) >= 11 is 1.66. The number of esters is 1. The van der Waals surface area contributed by atoms with Crippen molar-refractivity contribution in [1.82, 2.24) is 15.2 Å². The van der Waals surface area contributed by atoms with Crippen LogP contribution in [0, 0.1) is 12.8 Å². The van der Waals surface area contributed by atoms with E-state index in [1.54, 1.807) is 35.6 Å². The van der Waals surface area contributed by atoms with Crippen LogP contribution in [0.3, 0.4) is 0 Å². The van der Waals surface area contributed by atoms with Crippen LogP contribution in [0.4, 0.5) is 5.69 Å². The van der Waals surface area contributed by atoms with Crippen LogP contribution in [0.15, 0.2) is 29.6 Å². The molecule has 1 aromatic heterocycles. The number of benzene rings is 1. The third kappa shape index (κ3) is 6.11. The van der Waals surface area contributed by atoms with Gasteiger partial charge in [0.25, 0.3) is 5.91 Å². The molecule has 3 rings (SSSR count). The monoisotopic (exact) mass is 430 g/mol. The molecule has 2 amide bonds. The topological polar surface area (TPSA) is 101 Å². The lowest BCUT2D eigenvalue weighted by Gasteiger charge is -2.30. The third-order valence-electron chi connectivity index (χ3n) is 5.05. The van der Waals surface area contributed by atoms with Crippen molar-refractivity contribution < 1.29 is 19.1 Å². The zero-order valence-corrected chi connectivity index (χ0v) is 18.0. The summed E-state index contributed by atoms with van der Waals surface area (Å²) in [5.41, 5.74) is 2.14. The summed E-state index contributed by atoms with van der Waals surface area (Å²) in [6, 6.07) is 6.59.